The van der Waals surface area contributed by atoms with Gasteiger partial charge in [-0.25, -0.2) is 9.97 Å². The summed E-state index contributed by atoms with van der Waals surface area (Å²) in [5, 5.41) is 0.472. The van der Waals surface area contributed by atoms with E-state index in [4.69, 9.17) is 17.3 Å². The monoisotopic (exact) mass is 226 g/mol. The summed E-state index contributed by atoms with van der Waals surface area (Å²) in [6.45, 7) is 4.01. The van der Waals surface area contributed by atoms with Crippen molar-refractivity contribution >= 4 is 23.2 Å². The van der Waals surface area contributed by atoms with E-state index in [0.717, 1.165) is 24.8 Å². The van der Waals surface area contributed by atoms with Gasteiger partial charge < -0.3 is 10.6 Å². The lowest BCUT2D eigenvalue weighted by molar-refractivity contribution is 0.731. The highest BCUT2D eigenvalue weighted by Crippen LogP contribution is 2.33. The summed E-state index contributed by atoms with van der Waals surface area (Å²) in [6.07, 6.45) is 4.09. The van der Waals surface area contributed by atoms with Gasteiger partial charge in [0.2, 0.25) is 0 Å². The third kappa shape index (κ3) is 2.31. The summed E-state index contributed by atoms with van der Waals surface area (Å²) in [4.78, 5) is 10.2. The highest BCUT2D eigenvalue weighted by Gasteiger charge is 2.25. The Bertz CT molecular complexity index is 351. The van der Waals surface area contributed by atoms with Gasteiger partial charge in [-0.3, -0.25) is 0 Å². The SMILES string of the molecule is CCN(CC1CC1)c1ncnc(N)c1Cl. The van der Waals surface area contributed by atoms with Crippen LogP contribution in [0.25, 0.3) is 0 Å². The molecule has 0 radical (unpaired) electrons. The van der Waals surface area contributed by atoms with Crippen molar-refractivity contribution in [3.05, 3.63) is 11.3 Å². The fourth-order valence-corrected chi connectivity index (χ4v) is 1.79. The molecule has 0 aliphatic heterocycles. The lowest BCUT2D eigenvalue weighted by atomic mass is 10.3. The van der Waals surface area contributed by atoms with Gasteiger partial charge in [-0.1, -0.05) is 11.6 Å². The molecule has 2 N–H and O–H groups in total. The Labute approximate surface area is 94.5 Å². The fraction of sp³-hybridized carbons (Fsp3) is 0.600. The molecule has 1 aromatic rings. The summed E-state index contributed by atoms with van der Waals surface area (Å²) in [6, 6.07) is 0. The van der Waals surface area contributed by atoms with Crippen LogP contribution in [0.15, 0.2) is 6.33 Å². The number of aromatic nitrogens is 2. The van der Waals surface area contributed by atoms with E-state index >= 15 is 0 Å². The average molecular weight is 227 g/mol. The Hall–Kier alpha value is -1.03. The number of hydrogen-bond donors (Lipinski definition) is 1. The van der Waals surface area contributed by atoms with E-state index in [0.29, 0.717) is 10.8 Å². The molecule has 15 heavy (non-hydrogen) atoms. The molecule has 2 rings (SSSR count). The van der Waals surface area contributed by atoms with Crippen LogP contribution in [0.5, 0.6) is 0 Å². The Kier molecular flexibility index (Phi) is 2.95. The van der Waals surface area contributed by atoms with Crippen molar-refractivity contribution in [3.63, 3.8) is 0 Å². The minimum absolute atomic E-state index is 0.357. The van der Waals surface area contributed by atoms with Crippen molar-refractivity contribution in [3.8, 4) is 0 Å². The van der Waals surface area contributed by atoms with E-state index in [1.165, 1.54) is 19.2 Å². The average Bonchev–Trinajstić information content (AvgIpc) is 3.03. The Morgan fingerprint density at radius 1 is 1.53 bits per heavy atom. The smallest absolute Gasteiger partial charge is 0.153 e. The molecule has 0 atom stereocenters. The predicted octanol–water partition coefficient (Wildman–Crippen LogP) is 1.95. The standard InChI is InChI=1S/C10H15ClN4/c1-2-15(5-7-3-4-7)10-8(11)9(12)13-6-14-10/h6-7H,2-5H2,1H3,(H2,12,13,14). The quantitative estimate of drug-likeness (QED) is 0.853. The van der Waals surface area contributed by atoms with Crippen LogP contribution in [0.2, 0.25) is 5.02 Å². The lowest BCUT2D eigenvalue weighted by Crippen LogP contribution is -2.26. The second-order valence-electron chi connectivity index (χ2n) is 3.88. The van der Waals surface area contributed by atoms with E-state index < -0.39 is 0 Å². The number of anilines is 2. The largest absolute Gasteiger partial charge is 0.382 e. The Morgan fingerprint density at radius 3 is 2.87 bits per heavy atom. The maximum absolute atomic E-state index is 6.08. The number of rotatable bonds is 4. The van der Waals surface area contributed by atoms with Crippen LogP contribution in [-0.4, -0.2) is 23.1 Å². The van der Waals surface area contributed by atoms with Crippen molar-refractivity contribution in [2.45, 2.75) is 19.8 Å². The van der Waals surface area contributed by atoms with Crippen LogP contribution in [0, 0.1) is 5.92 Å². The van der Waals surface area contributed by atoms with Gasteiger partial charge in [-0.15, -0.1) is 0 Å². The first-order chi connectivity index (χ1) is 7.22. The molecule has 1 aliphatic rings. The van der Waals surface area contributed by atoms with E-state index in [2.05, 4.69) is 21.8 Å². The van der Waals surface area contributed by atoms with Crippen molar-refractivity contribution in [2.24, 2.45) is 5.92 Å². The van der Waals surface area contributed by atoms with E-state index in [1.54, 1.807) is 0 Å². The zero-order valence-electron chi connectivity index (χ0n) is 8.78. The van der Waals surface area contributed by atoms with Crippen molar-refractivity contribution in [2.75, 3.05) is 23.7 Å². The van der Waals surface area contributed by atoms with E-state index in [9.17, 15) is 0 Å². The third-order valence-corrected chi connectivity index (χ3v) is 3.02. The van der Waals surface area contributed by atoms with E-state index in [1.807, 2.05) is 0 Å². The van der Waals surface area contributed by atoms with Crippen LogP contribution < -0.4 is 10.6 Å². The van der Waals surface area contributed by atoms with Gasteiger partial charge in [0, 0.05) is 13.1 Å². The van der Waals surface area contributed by atoms with Gasteiger partial charge in [-0.2, -0.15) is 0 Å². The number of nitrogens with two attached hydrogens (primary N) is 1. The van der Waals surface area contributed by atoms with Gasteiger partial charge >= 0.3 is 0 Å². The molecule has 5 heteroatoms. The number of hydrogen-bond acceptors (Lipinski definition) is 4. The molecule has 1 heterocycles. The zero-order chi connectivity index (χ0) is 10.8. The number of halogens is 1. The van der Waals surface area contributed by atoms with Crippen LogP contribution in [0.4, 0.5) is 11.6 Å². The summed E-state index contributed by atoms with van der Waals surface area (Å²) < 4.78 is 0. The van der Waals surface area contributed by atoms with Crippen LogP contribution >= 0.6 is 11.6 Å². The lowest BCUT2D eigenvalue weighted by Gasteiger charge is -2.22. The van der Waals surface area contributed by atoms with Gasteiger partial charge in [0.1, 0.15) is 17.2 Å². The molecule has 1 aromatic heterocycles. The number of nitrogen functional groups attached to an aromatic ring is 1. The van der Waals surface area contributed by atoms with Gasteiger partial charge in [0.05, 0.1) is 0 Å². The molecular weight excluding hydrogens is 212 g/mol. The summed E-state index contributed by atoms with van der Waals surface area (Å²) >= 11 is 6.08. The molecular formula is C10H15ClN4. The fourth-order valence-electron chi connectivity index (χ4n) is 1.57. The molecule has 82 valence electrons. The Balaban J connectivity index is 2.20. The highest BCUT2D eigenvalue weighted by atomic mass is 35.5. The molecule has 1 saturated carbocycles. The molecule has 1 aliphatic carbocycles. The molecule has 0 bridgehead atoms. The predicted molar refractivity (Wildman–Crippen MR) is 62.1 cm³/mol. The molecule has 0 aromatic carbocycles. The van der Waals surface area contributed by atoms with Crippen LogP contribution in [0.1, 0.15) is 19.8 Å². The molecule has 4 nitrogen and oxygen atoms in total. The molecule has 0 unspecified atom stereocenters. The zero-order valence-corrected chi connectivity index (χ0v) is 9.54. The summed E-state index contributed by atoms with van der Waals surface area (Å²) in [5.74, 6) is 1.92. The molecule has 1 fully saturated rings. The highest BCUT2D eigenvalue weighted by molar-refractivity contribution is 6.35. The first-order valence-electron chi connectivity index (χ1n) is 5.23. The van der Waals surface area contributed by atoms with Crippen LogP contribution in [-0.2, 0) is 0 Å². The van der Waals surface area contributed by atoms with Crippen molar-refractivity contribution < 1.29 is 0 Å². The molecule has 0 amide bonds. The van der Waals surface area contributed by atoms with Crippen LogP contribution in [0.3, 0.4) is 0 Å². The van der Waals surface area contributed by atoms with E-state index in [-0.39, 0.29) is 0 Å². The topological polar surface area (TPSA) is 55.0 Å². The normalized spacial score (nSPS) is 15.3. The molecule has 0 saturated heterocycles. The minimum atomic E-state index is 0.357. The molecule has 0 spiro atoms. The third-order valence-electron chi connectivity index (χ3n) is 2.65. The first kappa shape index (κ1) is 10.5. The maximum Gasteiger partial charge on any atom is 0.153 e. The second kappa shape index (κ2) is 4.23. The minimum Gasteiger partial charge on any atom is -0.382 e. The van der Waals surface area contributed by atoms with Gasteiger partial charge in [0.15, 0.2) is 5.82 Å². The van der Waals surface area contributed by atoms with Crippen molar-refractivity contribution in [1.82, 2.24) is 9.97 Å². The summed E-state index contributed by atoms with van der Waals surface area (Å²) in [7, 11) is 0. The second-order valence-corrected chi connectivity index (χ2v) is 4.26. The Morgan fingerprint density at radius 2 is 2.27 bits per heavy atom. The van der Waals surface area contributed by atoms with Gasteiger partial charge in [-0.05, 0) is 25.7 Å². The first-order valence-corrected chi connectivity index (χ1v) is 5.61. The van der Waals surface area contributed by atoms with Crippen molar-refractivity contribution in [1.29, 1.82) is 0 Å². The van der Waals surface area contributed by atoms with Gasteiger partial charge in [0.25, 0.3) is 0 Å². The number of nitrogens with zero attached hydrogens (tertiary/aromatic N) is 3. The summed E-state index contributed by atoms with van der Waals surface area (Å²) in [5.41, 5.74) is 5.65. The maximum atomic E-state index is 6.08.